The van der Waals surface area contributed by atoms with Crippen molar-refractivity contribution in [2.75, 3.05) is 13.1 Å². The fourth-order valence-corrected chi connectivity index (χ4v) is 5.12. The average Bonchev–Trinajstić information content (AvgIpc) is 2.92. The molecule has 0 saturated carbocycles. The zero-order valence-electron chi connectivity index (χ0n) is 21.4. The molecule has 4 aromatic rings. The summed E-state index contributed by atoms with van der Waals surface area (Å²) in [5.41, 5.74) is 7.67. The summed E-state index contributed by atoms with van der Waals surface area (Å²) in [5.74, 6) is 0.462. The molecule has 198 valence electrons. The van der Waals surface area contributed by atoms with Crippen LogP contribution >= 0.6 is 27.5 Å². The van der Waals surface area contributed by atoms with Gasteiger partial charge in [-0.1, -0.05) is 71.2 Å². The first-order chi connectivity index (χ1) is 18.4. The number of hydrogen-bond donors (Lipinski definition) is 1. The Kier molecular flexibility index (Phi) is 9.72. The monoisotopic (exact) mass is 594 g/mol. The number of benzene rings is 3. The minimum absolute atomic E-state index is 0.0937. The second-order valence-corrected chi connectivity index (χ2v) is 10.6. The Morgan fingerprint density at radius 1 is 1.05 bits per heavy atom. The summed E-state index contributed by atoms with van der Waals surface area (Å²) in [7, 11) is 0. The van der Waals surface area contributed by atoms with Gasteiger partial charge in [0.1, 0.15) is 5.82 Å². The van der Waals surface area contributed by atoms with Crippen molar-refractivity contribution in [1.29, 1.82) is 0 Å². The zero-order valence-corrected chi connectivity index (χ0v) is 23.8. The number of nitrogens with zero attached hydrogens (tertiary/aromatic N) is 3. The molecular weight excluding hydrogens is 564 g/mol. The molecule has 0 saturated heterocycles. The summed E-state index contributed by atoms with van der Waals surface area (Å²) in [5, 5.41) is 1.01. The summed E-state index contributed by atoms with van der Waals surface area (Å²) in [6, 6.07) is 21.9. The van der Waals surface area contributed by atoms with Crippen LogP contribution in [-0.2, 0) is 6.54 Å². The molecule has 3 aromatic carbocycles. The Bertz CT molecular complexity index is 1440. The molecule has 4 rings (SSSR count). The van der Waals surface area contributed by atoms with E-state index < -0.39 is 6.04 Å². The lowest BCUT2D eigenvalue weighted by atomic mass is 10.1. The zero-order chi connectivity index (χ0) is 27.1. The summed E-state index contributed by atoms with van der Waals surface area (Å²) in [4.78, 5) is 34.6. The number of rotatable bonds is 11. The third kappa shape index (κ3) is 6.52. The van der Waals surface area contributed by atoms with Crippen molar-refractivity contribution in [3.8, 4) is 0 Å². The molecule has 1 heterocycles. The number of amides is 1. The molecule has 0 aliphatic heterocycles. The van der Waals surface area contributed by atoms with Crippen LogP contribution in [0, 0.1) is 0 Å². The maximum atomic E-state index is 13.9. The van der Waals surface area contributed by atoms with Gasteiger partial charge in [-0.25, -0.2) is 4.98 Å². The van der Waals surface area contributed by atoms with E-state index in [-0.39, 0.29) is 11.5 Å². The van der Waals surface area contributed by atoms with E-state index in [2.05, 4.69) is 15.9 Å². The maximum absolute atomic E-state index is 13.9. The van der Waals surface area contributed by atoms with E-state index in [9.17, 15) is 9.59 Å². The third-order valence-electron chi connectivity index (χ3n) is 6.65. The van der Waals surface area contributed by atoms with Gasteiger partial charge in [0.2, 0.25) is 0 Å². The highest BCUT2D eigenvalue weighted by molar-refractivity contribution is 9.10. The SMILES string of the molecule is CCC(c1nc2cc(Cl)ccc2c(=O)n1Cc1ccccc1)N(CCCCCN)C(=O)c1ccc(Br)cc1. The van der Waals surface area contributed by atoms with Crippen LogP contribution in [0.3, 0.4) is 0 Å². The van der Waals surface area contributed by atoms with Gasteiger partial charge in [0.25, 0.3) is 11.5 Å². The van der Waals surface area contributed by atoms with Gasteiger partial charge in [-0.2, -0.15) is 0 Å². The minimum Gasteiger partial charge on any atom is -0.330 e. The van der Waals surface area contributed by atoms with Gasteiger partial charge >= 0.3 is 0 Å². The van der Waals surface area contributed by atoms with Crippen molar-refractivity contribution in [2.45, 2.75) is 45.2 Å². The van der Waals surface area contributed by atoms with Gasteiger partial charge in [0, 0.05) is 21.6 Å². The fraction of sp³-hybridized carbons (Fsp3) is 0.300. The topological polar surface area (TPSA) is 81.2 Å². The molecule has 1 amide bonds. The summed E-state index contributed by atoms with van der Waals surface area (Å²) < 4.78 is 2.61. The van der Waals surface area contributed by atoms with Gasteiger partial charge in [-0.05, 0) is 73.8 Å². The van der Waals surface area contributed by atoms with Crippen LogP contribution in [0.1, 0.15) is 60.4 Å². The molecule has 0 fully saturated rings. The predicted octanol–water partition coefficient (Wildman–Crippen LogP) is 6.58. The first-order valence-electron chi connectivity index (χ1n) is 12.9. The summed E-state index contributed by atoms with van der Waals surface area (Å²) >= 11 is 9.74. The van der Waals surface area contributed by atoms with E-state index in [1.54, 1.807) is 22.8 Å². The second-order valence-electron chi connectivity index (χ2n) is 9.29. The first kappa shape index (κ1) is 28.0. The number of unbranched alkanes of at least 4 members (excludes halogenated alkanes) is 2. The Morgan fingerprint density at radius 2 is 1.79 bits per heavy atom. The lowest BCUT2D eigenvalue weighted by Crippen LogP contribution is -2.39. The van der Waals surface area contributed by atoms with Crippen LogP contribution in [0.25, 0.3) is 10.9 Å². The van der Waals surface area contributed by atoms with Crippen molar-refractivity contribution in [2.24, 2.45) is 5.73 Å². The van der Waals surface area contributed by atoms with E-state index in [0.29, 0.717) is 53.4 Å². The number of carbonyl (C=O) groups excluding carboxylic acids is 1. The Hall–Kier alpha value is -3.00. The molecule has 0 spiro atoms. The van der Waals surface area contributed by atoms with E-state index >= 15 is 0 Å². The number of carbonyl (C=O) groups is 1. The van der Waals surface area contributed by atoms with Gasteiger partial charge in [-0.3, -0.25) is 14.2 Å². The fourth-order valence-electron chi connectivity index (χ4n) is 4.69. The van der Waals surface area contributed by atoms with Crippen LogP contribution in [-0.4, -0.2) is 33.4 Å². The van der Waals surface area contributed by atoms with Gasteiger partial charge in [-0.15, -0.1) is 0 Å². The Labute approximate surface area is 236 Å². The normalized spacial score (nSPS) is 12.0. The van der Waals surface area contributed by atoms with Gasteiger partial charge in [0.05, 0.1) is 23.5 Å². The number of halogens is 2. The lowest BCUT2D eigenvalue weighted by Gasteiger charge is -2.32. The van der Waals surface area contributed by atoms with Crippen LogP contribution in [0.15, 0.2) is 82.1 Å². The van der Waals surface area contributed by atoms with Crippen LogP contribution in [0.4, 0.5) is 0 Å². The first-order valence-corrected chi connectivity index (χ1v) is 14.1. The van der Waals surface area contributed by atoms with Crippen molar-refractivity contribution in [1.82, 2.24) is 14.5 Å². The van der Waals surface area contributed by atoms with E-state index in [4.69, 9.17) is 22.3 Å². The largest absolute Gasteiger partial charge is 0.330 e. The molecule has 0 radical (unpaired) electrons. The van der Waals surface area contributed by atoms with Crippen molar-refractivity contribution in [3.63, 3.8) is 0 Å². The number of fused-ring (bicyclic) bond motifs is 1. The van der Waals surface area contributed by atoms with E-state index in [1.807, 2.05) is 66.4 Å². The van der Waals surface area contributed by atoms with Crippen LogP contribution < -0.4 is 11.3 Å². The number of hydrogen-bond acceptors (Lipinski definition) is 4. The van der Waals surface area contributed by atoms with Crippen molar-refractivity contribution in [3.05, 3.63) is 110 Å². The molecule has 0 bridgehead atoms. The standard InChI is InChI=1S/C30H32BrClN4O2/c1-2-27(35(18-8-4-7-17-33)29(37)22-11-13-23(31)14-12-22)28-34-26-19-24(32)15-16-25(26)30(38)36(28)20-21-9-5-3-6-10-21/h3,5-6,9-16,19,27H,2,4,7-8,17-18,20,33H2,1H3. The quantitative estimate of drug-likeness (QED) is 0.199. The number of nitrogens with two attached hydrogens (primary N) is 1. The molecule has 38 heavy (non-hydrogen) atoms. The highest BCUT2D eigenvalue weighted by atomic mass is 79.9. The van der Waals surface area contributed by atoms with Crippen molar-refractivity contribution >= 4 is 44.3 Å². The molecule has 1 unspecified atom stereocenters. The van der Waals surface area contributed by atoms with Gasteiger partial charge < -0.3 is 10.6 Å². The molecule has 8 heteroatoms. The Morgan fingerprint density at radius 3 is 2.47 bits per heavy atom. The molecule has 2 N–H and O–H groups in total. The summed E-state index contributed by atoms with van der Waals surface area (Å²) in [6.07, 6.45) is 3.20. The maximum Gasteiger partial charge on any atom is 0.261 e. The highest BCUT2D eigenvalue weighted by Gasteiger charge is 2.29. The molecular formula is C30H32BrClN4O2. The third-order valence-corrected chi connectivity index (χ3v) is 7.41. The molecule has 0 aliphatic carbocycles. The minimum atomic E-state index is -0.413. The lowest BCUT2D eigenvalue weighted by molar-refractivity contribution is 0.0652. The van der Waals surface area contributed by atoms with Gasteiger partial charge in [0.15, 0.2) is 0 Å². The smallest absolute Gasteiger partial charge is 0.261 e. The van der Waals surface area contributed by atoms with E-state index in [1.165, 1.54) is 0 Å². The van der Waals surface area contributed by atoms with Crippen molar-refractivity contribution < 1.29 is 4.79 Å². The molecule has 1 aromatic heterocycles. The Balaban J connectivity index is 1.85. The highest BCUT2D eigenvalue weighted by Crippen LogP contribution is 2.28. The van der Waals surface area contributed by atoms with E-state index in [0.717, 1.165) is 29.3 Å². The predicted molar refractivity (Wildman–Crippen MR) is 158 cm³/mol. The molecule has 1 atom stereocenters. The molecule has 6 nitrogen and oxygen atoms in total. The summed E-state index contributed by atoms with van der Waals surface area (Å²) in [6.45, 7) is 3.52. The average molecular weight is 596 g/mol. The number of aromatic nitrogens is 2. The van der Waals surface area contributed by atoms with Crippen LogP contribution in [0.5, 0.6) is 0 Å². The second kappa shape index (κ2) is 13.2. The van der Waals surface area contributed by atoms with Crippen LogP contribution in [0.2, 0.25) is 5.02 Å². The molecule has 0 aliphatic rings.